The maximum absolute atomic E-state index is 12.8. The highest BCUT2D eigenvalue weighted by Crippen LogP contribution is 2.60. The van der Waals surface area contributed by atoms with Crippen LogP contribution < -0.4 is 5.32 Å². The molecule has 4 aliphatic rings. The predicted octanol–water partition coefficient (Wildman–Crippen LogP) is 3.88. The first-order valence-electron chi connectivity index (χ1n) is 10.5. The van der Waals surface area contributed by atoms with Crippen LogP contribution in [0.4, 0.5) is 0 Å². The molecule has 4 saturated carbocycles. The van der Waals surface area contributed by atoms with E-state index in [4.69, 9.17) is 4.74 Å². The molecule has 4 fully saturated rings. The van der Waals surface area contributed by atoms with Crippen molar-refractivity contribution in [3.63, 3.8) is 0 Å². The van der Waals surface area contributed by atoms with Gasteiger partial charge in [0.2, 0.25) is 0 Å². The summed E-state index contributed by atoms with van der Waals surface area (Å²) in [6.45, 7) is 1.86. The zero-order chi connectivity index (χ0) is 18.9. The van der Waals surface area contributed by atoms with E-state index in [1.54, 1.807) is 0 Å². The molecule has 4 heteroatoms. The van der Waals surface area contributed by atoms with Crippen LogP contribution >= 0.6 is 0 Å². The molecule has 0 aromatic heterocycles. The molecule has 0 aliphatic heterocycles. The van der Waals surface area contributed by atoms with Crippen LogP contribution in [0, 0.1) is 23.2 Å². The van der Waals surface area contributed by atoms with Crippen molar-refractivity contribution in [1.82, 2.24) is 5.32 Å². The summed E-state index contributed by atoms with van der Waals surface area (Å²) in [6.07, 6.45) is 8.63. The van der Waals surface area contributed by atoms with Crippen LogP contribution in [0.2, 0.25) is 0 Å². The van der Waals surface area contributed by atoms with Gasteiger partial charge in [-0.2, -0.15) is 0 Å². The minimum Gasteiger partial charge on any atom is -0.455 e. The summed E-state index contributed by atoms with van der Waals surface area (Å²) in [5.41, 5.74) is 0.986. The van der Waals surface area contributed by atoms with E-state index >= 15 is 0 Å². The second-order valence-corrected chi connectivity index (χ2v) is 9.27. The van der Waals surface area contributed by atoms with Crippen LogP contribution in [0.5, 0.6) is 0 Å². The molecule has 1 amide bonds. The smallest absolute Gasteiger partial charge is 0.312 e. The predicted molar refractivity (Wildman–Crippen MR) is 104 cm³/mol. The quantitative estimate of drug-likeness (QED) is 0.742. The van der Waals surface area contributed by atoms with Gasteiger partial charge in [0.05, 0.1) is 5.41 Å². The molecule has 1 atom stereocenters. The molecule has 0 heterocycles. The van der Waals surface area contributed by atoms with Crippen molar-refractivity contribution >= 4 is 11.9 Å². The number of carbonyl (C=O) groups is 2. The molecule has 27 heavy (non-hydrogen) atoms. The fourth-order valence-electron chi connectivity index (χ4n) is 6.06. The van der Waals surface area contributed by atoms with E-state index in [2.05, 4.69) is 17.4 Å². The maximum Gasteiger partial charge on any atom is 0.312 e. The lowest BCUT2D eigenvalue weighted by atomic mass is 9.49. The summed E-state index contributed by atoms with van der Waals surface area (Å²) in [4.78, 5) is 25.0. The van der Waals surface area contributed by atoms with Gasteiger partial charge in [0.25, 0.3) is 5.91 Å². The highest BCUT2D eigenvalue weighted by atomic mass is 16.5. The van der Waals surface area contributed by atoms with Crippen LogP contribution in [-0.2, 0) is 20.7 Å². The Bertz CT molecular complexity index is 649. The second-order valence-electron chi connectivity index (χ2n) is 9.27. The van der Waals surface area contributed by atoms with Crippen LogP contribution in [0.3, 0.4) is 0 Å². The summed E-state index contributed by atoms with van der Waals surface area (Å²) in [5.74, 6) is 1.81. The first-order chi connectivity index (χ1) is 13.0. The number of rotatable bonds is 7. The van der Waals surface area contributed by atoms with Gasteiger partial charge in [-0.25, -0.2) is 0 Å². The third-order valence-electron chi connectivity index (χ3n) is 6.92. The first kappa shape index (κ1) is 18.5. The van der Waals surface area contributed by atoms with Crippen LogP contribution in [0.1, 0.15) is 57.4 Å². The fourth-order valence-corrected chi connectivity index (χ4v) is 6.06. The van der Waals surface area contributed by atoms with Gasteiger partial charge in [0.15, 0.2) is 6.61 Å². The SMILES string of the molecule is C[C@H](CCc1ccccc1)NC(=O)COC(=O)C12CC3CC(CC(C3)C1)C2. The average molecular weight is 370 g/mol. The fraction of sp³-hybridized carbons (Fsp3) is 0.652. The summed E-state index contributed by atoms with van der Waals surface area (Å²) >= 11 is 0. The van der Waals surface area contributed by atoms with E-state index in [9.17, 15) is 9.59 Å². The molecule has 4 nitrogen and oxygen atoms in total. The molecule has 4 aliphatic carbocycles. The summed E-state index contributed by atoms with van der Waals surface area (Å²) in [7, 11) is 0. The lowest BCUT2D eigenvalue weighted by molar-refractivity contribution is -0.173. The van der Waals surface area contributed by atoms with Crippen LogP contribution in [0.25, 0.3) is 0 Å². The van der Waals surface area contributed by atoms with E-state index in [-0.39, 0.29) is 29.9 Å². The number of amides is 1. The Morgan fingerprint density at radius 3 is 2.26 bits per heavy atom. The van der Waals surface area contributed by atoms with Crippen molar-refractivity contribution < 1.29 is 14.3 Å². The van der Waals surface area contributed by atoms with E-state index in [0.29, 0.717) is 17.8 Å². The molecular weight excluding hydrogens is 338 g/mol. The Labute approximate surface area is 162 Å². The number of esters is 1. The lowest BCUT2D eigenvalue weighted by Crippen LogP contribution is -2.51. The maximum atomic E-state index is 12.8. The Balaban J connectivity index is 1.21. The van der Waals surface area contributed by atoms with Crippen molar-refractivity contribution in [3.8, 4) is 0 Å². The zero-order valence-corrected chi connectivity index (χ0v) is 16.3. The number of benzene rings is 1. The topological polar surface area (TPSA) is 55.4 Å². The Morgan fingerprint density at radius 1 is 1.07 bits per heavy atom. The number of nitrogens with one attached hydrogen (secondary N) is 1. The third-order valence-corrected chi connectivity index (χ3v) is 6.92. The highest BCUT2D eigenvalue weighted by Gasteiger charge is 2.55. The Morgan fingerprint density at radius 2 is 1.67 bits per heavy atom. The van der Waals surface area contributed by atoms with Crippen molar-refractivity contribution in [3.05, 3.63) is 35.9 Å². The van der Waals surface area contributed by atoms with Gasteiger partial charge in [-0.3, -0.25) is 9.59 Å². The number of aryl methyl sites for hydroxylation is 1. The van der Waals surface area contributed by atoms with Gasteiger partial charge >= 0.3 is 5.97 Å². The summed E-state index contributed by atoms with van der Waals surface area (Å²) in [5, 5.41) is 2.96. The van der Waals surface area contributed by atoms with Gasteiger partial charge in [-0.1, -0.05) is 30.3 Å². The van der Waals surface area contributed by atoms with Crippen molar-refractivity contribution in [2.75, 3.05) is 6.61 Å². The van der Waals surface area contributed by atoms with Gasteiger partial charge < -0.3 is 10.1 Å². The van der Waals surface area contributed by atoms with Crippen molar-refractivity contribution in [1.29, 1.82) is 0 Å². The molecule has 4 bridgehead atoms. The Hall–Kier alpha value is -1.84. The van der Waals surface area contributed by atoms with Gasteiger partial charge in [0, 0.05) is 6.04 Å². The molecule has 5 rings (SSSR count). The second kappa shape index (κ2) is 7.65. The molecule has 1 aromatic rings. The molecule has 1 aromatic carbocycles. The molecular formula is C23H31NO3. The van der Waals surface area contributed by atoms with Crippen molar-refractivity contribution in [2.45, 2.75) is 64.3 Å². The minimum absolute atomic E-state index is 0.0657. The summed E-state index contributed by atoms with van der Waals surface area (Å²) in [6, 6.07) is 10.3. The molecule has 1 N–H and O–H groups in total. The van der Waals surface area contributed by atoms with Crippen LogP contribution in [0.15, 0.2) is 30.3 Å². The largest absolute Gasteiger partial charge is 0.455 e. The zero-order valence-electron chi connectivity index (χ0n) is 16.3. The number of hydrogen-bond acceptors (Lipinski definition) is 3. The molecule has 0 saturated heterocycles. The first-order valence-corrected chi connectivity index (χ1v) is 10.5. The van der Waals surface area contributed by atoms with Gasteiger partial charge in [-0.15, -0.1) is 0 Å². The standard InChI is InChI=1S/C23H31NO3/c1-16(7-8-17-5-3-2-4-6-17)24-21(25)15-27-22(26)23-12-18-9-19(13-23)11-20(10-18)14-23/h2-6,16,18-20H,7-15H2,1H3,(H,24,25)/t16-,18?,19?,20?,23?/m1/s1. The van der Waals surface area contributed by atoms with E-state index in [0.717, 1.165) is 32.1 Å². The third kappa shape index (κ3) is 4.20. The summed E-state index contributed by atoms with van der Waals surface area (Å²) < 4.78 is 5.50. The number of carbonyl (C=O) groups excluding carboxylic acids is 2. The minimum atomic E-state index is -0.284. The van der Waals surface area contributed by atoms with Gasteiger partial charge in [-0.05, 0) is 81.6 Å². The van der Waals surface area contributed by atoms with Crippen molar-refractivity contribution in [2.24, 2.45) is 23.2 Å². The Kier molecular flexibility index (Phi) is 5.25. The van der Waals surface area contributed by atoms with Gasteiger partial charge in [0.1, 0.15) is 0 Å². The normalized spacial score (nSPS) is 32.1. The molecule has 0 radical (unpaired) electrons. The lowest BCUT2D eigenvalue weighted by Gasteiger charge is -2.55. The van der Waals surface area contributed by atoms with E-state index < -0.39 is 0 Å². The molecule has 146 valence electrons. The molecule has 0 unspecified atom stereocenters. The van der Waals surface area contributed by atoms with Crippen LogP contribution in [-0.4, -0.2) is 24.5 Å². The highest BCUT2D eigenvalue weighted by molar-refractivity contribution is 5.83. The van der Waals surface area contributed by atoms with E-state index in [1.807, 2.05) is 25.1 Å². The monoisotopic (exact) mass is 369 g/mol. The number of ether oxygens (including phenoxy) is 1. The number of hydrogen-bond donors (Lipinski definition) is 1. The average Bonchev–Trinajstić information content (AvgIpc) is 2.64. The van der Waals surface area contributed by atoms with E-state index in [1.165, 1.54) is 24.8 Å². The molecule has 0 spiro atoms.